The van der Waals surface area contributed by atoms with Crippen molar-refractivity contribution < 1.29 is 0 Å². The first kappa shape index (κ1) is 10.8. The van der Waals surface area contributed by atoms with Crippen molar-refractivity contribution in [2.75, 3.05) is 0 Å². The zero-order chi connectivity index (χ0) is 10.7. The normalized spacial score (nSPS) is 10.8. The van der Waals surface area contributed by atoms with E-state index in [1.807, 2.05) is 6.92 Å². The summed E-state index contributed by atoms with van der Waals surface area (Å²) in [6, 6.07) is 0. The van der Waals surface area contributed by atoms with E-state index >= 15 is 0 Å². The van der Waals surface area contributed by atoms with Gasteiger partial charge in [-0.15, -0.1) is 10.2 Å². The summed E-state index contributed by atoms with van der Waals surface area (Å²) in [5.74, 6) is 1.54. The molecule has 0 aliphatic carbocycles. The lowest BCUT2D eigenvalue weighted by molar-refractivity contribution is 0.941. The molecule has 0 atom stereocenters. The molecule has 0 unspecified atom stereocenters. The van der Waals surface area contributed by atoms with Gasteiger partial charge >= 0.3 is 0 Å². The molecule has 2 heterocycles. The maximum absolute atomic E-state index is 5.87. The minimum Gasteiger partial charge on any atom is -0.262 e. The Morgan fingerprint density at radius 2 is 2.40 bits per heavy atom. The number of nitrogens with one attached hydrogen (secondary N) is 1. The predicted molar refractivity (Wildman–Crippen MR) is 60.2 cm³/mol. The number of nitrogens with zero attached hydrogens (tertiary/aromatic N) is 4. The summed E-state index contributed by atoms with van der Waals surface area (Å²) in [7, 11) is 0. The Labute approximate surface area is 99.8 Å². The van der Waals surface area contributed by atoms with Crippen LogP contribution in [-0.4, -0.2) is 24.8 Å². The van der Waals surface area contributed by atoms with Crippen LogP contribution in [0.5, 0.6) is 0 Å². The first-order valence-electron chi connectivity index (χ1n) is 4.30. The number of H-pyrrole nitrogens is 1. The number of hydrogen-bond donors (Lipinski definition) is 1. The van der Waals surface area contributed by atoms with Crippen molar-refractivity contribution >= 4 is 34.9 Å². The molecule has 5 nitrogen and oxygen atoms in total. The summed E-state index contributed by atoms with van der Waals surface area (Å²) < 4.78 is 4.39. The van der Waals surface area contributed by atoms with Crippen molar-refractivity contribution in [2.45, 2.75) is 24.3 Å². The Morgan fingerprint density at radius 3 is 3.00 bits per heavy atom. The molecular weight excluding hydrogens is 254 g/mol. The molecule has 0 aliphatic heterocycles. The fourth-order valence-corrected chi connectivity index (χ4v) is 2.47. The van der Waals surface area contributed by atoms with Crippen molar-refractivity contribution in [1.29, 1.82) is 0 Å². The van der Waals surface area contributed by atoms with Crippen molar-refractivity contribution in [1.82, 2.24) is 24.8 Å². The summed E-state index contributed by atoms with van der Waals surface area (Å²) in [5, 5.41) is 11.5. The van der Waals surface area contributed by atoms with Gasteiger partial charge in [-0.25, -0.2) is 4.98 Å². The third-order valence-electron chi connectivity index (χ3n) is 1.69. The molecule has 0 bridgehead atoms. The molecular formula is C7H8ClN5S2. The number of aryl methyl sites for hydroxylation is 1. The van der Waals surface area contributed by atoms with Crippen molar-refractivity contribution in [3.8, 4) is 0 Å². The van der Waals surface area contributed by atoms with Gasteiger partial charge in [-0.1, -0.05) is 34.8 Å². The number of hydrogen-bond acceptors (Lipinski definition) is 6. The molecule has 0 saturated heterocycles. The smallest absolute Gasteiger partial charge is 0.208 e. The quantitative estimate of drug-likeness (QED) is 0.855. The maximum Gasteiger partial charge on any atom is 0.208 e. The second-order valence-corrected chi connectivity index (χ2v) is 5.00. The predicted octanol–water partition coefficient (Wildman–Crippen LogP) is 2.16. The summed E-state index contributed by atoms with van der Waals surface area (Å²) in [4.78, 5) is 4.27. The first-order chi connectivity index (χ1) is 7.29. The number of rotatable bonds is 4. The lowest BCUT2D eigenvalue weighted by atomic mass is 10.5. The van der Waals surface area contributed by atoms with E-state index in [2.05, 4.69) is 24.8 Å². The molecule has 8 heteroatoms. The number of aromatic amines is 1. The highest BCUT2D eigenvalue weighted by Gasteiger charge is 2.08. The Hall–Kier alpha value is -0.660. The number of aromatic nitrogens is 5. The third-order valence-corrected chi connectivity index (χ3v) is 3.54. The lowest BCUT2D eigenvalue weighted by Crippen LogP contribution is -1.84. The van der Waals surface area contributed by atoms with Gasteiger partial charge in [-0.3, -0.25) is 5.10 Å². The van der Waals surface area contributed by atoms with E-state index in [1.54, 1.807) is 0 Å². The van der Waals surface area contributed by atoms with Crippen molar-refractivity contribution in [2.24, 2.45) is 0 Å². The van der Waals surface area contributed by atoms with Crippen LogP contribution >= 0.6 is 34.9 Å². The molecule has 0 spiro atoms. The highest BCUT2D eigenvalue weighted by molar-refractivity contribution is 7.98. The minimum atomic E-state index is 0.633. The average Bonchev–Trinajstić information content (AvgIpc) is 2.84. The lowest BCUT2D eigenvalue weighted by Gasteiger charge is -1.91. The van der Waals surface area contributed by atoms with Crippen LogP contribution in [0.2, 0.25) is 4.34 Å². The van der Waals surface area contributed by atoms with Crippen LogP contribution in [0.15, 0.2) is 5.16 Å². The largest absolute Gasteiger partial charge is 0.262 e. The van der Waals surface area contributed by atoms with Gasteiger partial charge < -0.3 is 0 Å². The fourth-order valence-electron chi connectivity index (χ4n) is 0.917. The molecule has 2 rings (SSSR count). The van der Waals surface area contributed by atoms with Crippen LogP contribution in [0.3, 0.4) is 0 Å². The average molecular weight is 262 g/mol. The summed E-state index contributed by atoms with van der Waals surface area (Å²) in [6.45, 7) is 2.02. The Morgan fingerprint density at radius 1 is 1.53 bits per heavy atom. The SMILES string of the molecule is CCc1nc(SCc2nnsc2Cl)n[nH]1. The van der Waals surface area contributed by atoms with Crippen LogP contribution in [0, 0.1) is 0 Å². The van der Waals surface area contributed by atoms with E-state index in [-0.39, 0.29) is 0 Å². The van der Waals surface area contributed by atoms with E-state index in [1.165, 1.54) is 23.3 Å². The van der Waals surface area contributed by atoms with Crippen molar-refractivity contribution in [3.63, 3.8) is 0 Å². The Kier molecular flexibility index (Phi) is 3.55. The van der Waals surface area contributed by atoms with Crippen molar-refractivity contribution in [3.05, 3.63) is 15.9 Å². The fraction of sp³-hybridized carbons (Fsp3) is 0.429. The molecule has 2 aromatic rings. The van der Waals surface area contributed by atoms with E-state index in [0.717, 1.165) is 23.1 Å². The van der Waals surface area contributed by atoms with E-state index in [0.29, 0.717) is 10.1 Å². The number of thioether (sulfide) groups is 1. The van der Waals surface area contributed by atoms with E-state index in [4.69, 9.17) is 11.6 Å². The summed E-state index contributed by atoms with van der Waals surface area (Å²) in [6.07, 6.45) is 0.854. The molecule has 15 heavy (non-hydrogen) atoms. The van der Waals surface area contributed by atoms with Gasteiger partial charge in [-0.2, -0.15) is 0 Å². The van der Waals surface area contributed by atoms with Gasteiger partial charge in [0.05, 0.1) is 0 Å². The second-order valence-electron chi connectivity index (χ2n) is 2.70. The molecule has 0 amide bonds. The maximum atomic E-state index is 5.87. The molecule has 1 N–H and O–H groups in total. The molecule has 0 aromatic carbocycles. The molecule has 80 valence electrons. The highest BCUT2D eigenvalue weighted by atomic mass is 35.5. The first-order valence-corrected chi connectivity index (χ1v) is 6.44. The minimum absolute atomic E-state index is 0.633. The molecule has 0 aliphatic rings. The van der Waals surface area contributed by atoms with E-state index in [9.17, 15) is 0 Å². The molecule has 0 radical (unpaired) electrons. The monoisotopic (exact) mass is 261 g/mol. The zero-order valence-electron chi connectivity index (χ0n) is 7.90. The summed E-state index contributed by atoms with van der Waals surface area (Å²) >= 11 is 8.56. The molecule has 0 fully saturated rings. The zero-order valence-corrected chi connectivity index (χ0v) is 10.3. The van der Waals surface area contributed by atoms with Gasteiger partial charge in [0.15, 0.2) is 0 Å². The summed E-state index contributed by atoms with van der Waals surface area (Å²) in [5.41, 5.74) is 0.787. The number of halogens is 1. The molecule has 0 saturated carbocycles. The van der Waals surface area contributed by atoms with Crippen LogP contribution < -0.4 is 0 Å². The van der Waals surface area contributed by atoms with Gasteiger partial charge in [0, 0.05) is 23.7 Å². The van der Waals surface area contributed by atoms with Crippen LogP contribution in [-0.2, 0) is 12.2 Å². The van der Waals surface area contributed by atoms with Gasteiger partial charge in [0.1, 0.15) is 15.9 Å². The third kappa shape index (κ3) is 2.67. The highest BCUT2D eigenvalue weighted by Crippen LogP contribution is 2.24. The molecule has 2 aromatic heterocycles. The van der Waals surface area contributed by atoms with Gasteiger partial charge in [0.2, 0.25) is 5.16 Å². The van der Waals surface area contributed by atoms with E-state index < -0.39 is 0 Å². The van der Waals surface area contributed by atoms with Gasteiger partial charge in [-0.05, 0) is 0 Å². The van der Waals surface area contributed by atoms with Crippen LogP contribution in [0.25, 0.3) is 0 Å². The van der Waals surface area contributed by atoms with Crippen LogP contribution in [0.1, 0.15) is 18.4 Å². The topological polar surface area (TPSA) is 67.3 Å². The Bertz CT molecular complexity index is 440. The second kappa shape index (κ2) is 4.91. The standard InChI is InChI=1S/C7H8ClN5S2/c1-2-5-9-7(12-11-5)14-3-4-6(8)15-13-10-4/h2-3H2,1H3,(H,9,11,12). The van der Waals surface area contributed by atoms with Crippen LogP contribution in [0.4, 0.5) is 0 Å². The van der Waals surface area contributed by atoms with Gasteiger partial charge in [0.25, 0.3) is 0 Å². The Balaban J connectivity index is 1.96.